The van der Waals surface area contributed by atoms with Gasteiger partial charge in [0, 0.05) is 40.6 Å². The highest BCUT2D eigenvalue weighted by Crippen LogP contribution is 2.27. The Bertz CT molecular complexity index is 1110. The molecule has 1 aromatic heterocycles. The van der Waals surface area contributed by atoms with Crippen LogP contribution in [0.15, 0.2) is 64.5 Å². The lowest BCUT2D eigenvalue weighted by Crippen LogP contribution is -2.38. The summed E-state index contributed by atoms with van der Waals surface area (Å²) < 4.78 is 1.65. The highest BCUT2D eigenvalue weighted by molar-refractivity contribution is 7.99. The Labute approximate surface area is 179 Å². The van der Waals surface area contributed by atoms with Gasteiger partial charge in [-0.05, 0) is 49.7 Å². The number of benzene rings is 2. The number of nitrogens with one attached hydrogen (secondary N) is 2. The fraction of sp³-hybridized carbons (Fsp3) is 0.261. The van der Waals surface area contributed by atoms with E-state index in [4.69, 9.17) is 0 Å². The molecule has 2 aromatic carbocycles. The Morgan fingerprint density at radius 2 is 1.77 bits per heavy atom. The van der Waals surface area contributed by atoms with Crippen molar-refractivity contribution in [1.82, 2.24) is 9.55 Å². The second kappa shape index (κ2) is 8.75. The molecule has 0 spiro atoms. The number of amides is 1. The maximum atomic E-state index is 12.8. The molecule has 30 heavy (non-hydrogen) atoms. The topological polar surface area (TPSA) is 76.0 Å². The second-order valence-corrected chi connectivity index (χ2v) is 8.28. The Balaban J connectivity index is 1.43. The van der Waals surface area contributed by atoms with E-state index in [1.165, 1.54) is 11.8 Å². The summed E-state index contributed by atoms with van der Waals surface area (Å²) in [4.78, 5) is 30.1. The van der Waals surface area contributed by atoms with Crippen LogP contribution in [0.2, 0.25) is 0 Å². The lowest BCUT2D eigenvalue weighted by Gasteiger charge is -2.25. The molecule has 0 saturated carbocycles. The molecule has 1 unspecified atom stereocenters. The van der Waals surface area contributed by atoms with Crippen molar-refractivity contribution in [2.75, 3.05) is 16.4 Å². The second-order valence-electron chi connectivity index (χ2n) is 7.29. The third kappa shape index (κ3) is 4.26. The third-order valence-electron chi connectivity index (χ3n) is 5.19. The van der Waals surface area contributed by atoms with Gasteiger partial charge in [-0.1, -0.05) is 36.9 Å². The molecule has 0 saturated heterocycles. The molecule has 1 aliphatic rings. The van der Waals surface area contributed by atoms with Crippen molar-refractivity contribution in [3.63, 3.8) is 0 Å². The fourth-order valence-corrected chi connectivity index (χ4v) is 4.65. The molecule has 1 aliphatic heterocycles. The molecule has 4 rings (SSSR count). The van der Waals surface area contributed by atoms with Crippen molar-refractivity contribution < 1.29 is 4.79 Å². The number of hydrogen-bond donors (Lipinski definition) is 2. The van der Waals surface area contributed by atoms with Crippen LogP contribution in [0, 0.1) is 12.8 Å². The molecule has 3 aromatic rings. The molecule has 2 N–H and O–H groups in total. The van der Waals surface area contributed by atoms with Crippen molar-refractivity contribution >= 4 is 34.7 Å². The number of carbonyl (C=O) groups excluding carboxylic acids is 1. The van der Waals surface area contributed by atoms with Crippen LogP contribution in [-0.4, -0.2) is 21.2 Å². The first-order valence-electron chi connectivity index (χ1n) is 10.0. The summed E-state index contributed by atoms with van der Waals surface area (Å²) in [5.74, 6) is 0.246. The molecule has 7 heteroatoms. The highest BCUT2D eigenvalue weighted by atomic mass is 32.2. The van der Waals surface area contributed by atoms with Crippen LogP contribution in [0.1, 0.15) is 18.2 Å². The number of rotatable bonds is 5. The monoisotopic (exact) mass is 420 g/mol. The number of hydrogen-bond acceptors (Lipinski definition) is 5. The van der Waals surface area contributed by atoms with Gasteiger partial charge in [0.2, 0.25) is 5.91 Å². The summed E-state index contributed by atoms with van der Waals surface area (Å²) in [5, 5.41) is 7.00. The minimum atomic E-state index is -0.281. The van der Waals surface area contributed by atoms with E-state index in [1.807, 2.05) is 68.4 Å². The number of aryl methyl sites for hydroxylation is 1. The smallest absolute Gasteiger partial charge is 0.257 e. The Kier molecular flexibility index (Phi) is 5.90. The maximum Gasteiger partial charge on any atom is 0.257 e. The zero-order chi connectivity index (χ0) is 21.1. The highest BCUT2D eigenvalue weighted by Gasteiger charge is 2.28. The molecular weight excluding hydrogens is 396 g/mol. The van der Waals surface area contributed by atoms with Gasteiger partial charge in [-0.25, -0.2) is 4.98 Å². The largest absolute Gasteiger partial charge is 0.356 e. The van der Waals surface area contributed by atoms with E-state index >= 15 is 0 Å². The standard InChI is InChI=1S/C23H24N4O2S/c1-3-20-15(2)24-23-27(22(20)29)13-16(14-30-23)21(28)26-19-11-9-18(10-12-19)25-17-7-5-4-6-8-17/h4-12,16,25H,3,13-14H2,1-2H3,(H,26,28). The zero-order valence-corrected chi connectivity index (χ0v) is 17.8. The Morgan fingerprint density at radius 3 is 2.47 bits per heavy atom. The van der Waals surface area contributed by atoms with E-state index in [-0.39, 0.29) is 17.4 Å². The number of carbonyl (C=O) groups is 1. The first-order valence-corrected chi connectivity index (χ1v) is 11.0. The number of para-hydroxylation sites is 1. The number of anilines is 3. The minimum Gasteiger partial charge on any atom is -0.356 e. The van der Waals surface area contributed by atoms with Gasteiger partial charge in [0.15, 0.2) is 5.16 Å². The summed E-state index contributed by atoms with van der Waals surface area (Å²) >= 11 is 1.47. The van der Waals surface area contributed by atoms with Crippen LogP contribution in [0.4, 0.5) is 17.1 Å². The van der Waals surface area contributed by atoms with Crippen LogP contribution < -0.4 is 16.2 Å². The Hall–Kier alpha value is -3.06. The van der Waals surface area contributed by atoms with E-state index in [2.05, 4.69) is 15.6 Å². The van der Waals surface area contributed by atoms with Crippen LogP contribution in [0.3, 0.4) is 0 Å². The third-order valence-corrected chi connectivity index (χ3v) is 6.33. The average Bonchev–Trinajstić information content (AvgIpc) is 2.76. The SMILES string of the molecule is CCc1c(C)nc2n(c1=O)CC(C(=O)Nc1ccc(Nc3ccccc3)cc1)CS2. The van der Waals surface area contributed by atoms with Gasteiger partial charge in [-0.3, -0.25) is 14.2 Å². The summed E-state index contributed by atoms with van der Waals surface area (Å²) in [6.07, 6.45) is 0.642. The van der Waals surface area contributed by atoms with Gasteiger partial charge < -0.3 is 10.6 Å². The summed E-state index contributed by atoms with van der Waals surface area (Å²) in [6.45, 7) is 4.19. The summed E-state index contributed by atoms with van der Waals surface area (Å²) in [5.41, 5.74) is 4.17. The van der Waals surface area contributed by atoms with E-state index in [9.17, 15) is 9.59 Å². The van der Waals surface area contributed by atoms with Gasteiger partial charge in [0.25, 0.3) is 5.56 Å². The number of aromatic nitrogens is 2. The summed E-state index contributed by atoms with van der Waals surface area (Å²) in [7, 11) is 0. The normalized spacial score (nSPS) is 15.3. The van der Waals surface area contributed by atoms with Crippen LogP contribution in [0.5, 0.6) is 0 Å². The lowest BCUT2D eigenvalue weighted by molar-refractivity contribution is -0.119. The number of thioether (sulfide) groups is 1. The van der Waals surface area contributed by atoms with Gasteiger partial charge in [-0.2, -0.15) is 0 Å². The van der Waals surface area contributed by atoms with Gasteiger partial charge in [0.05, 0.1) is 5.92 Å². The minimum absolute atomic E-state index is 0.0265. The van der Waals surface area contributed by atoms with Crippen molar-refractivity contribution in [2.45, 2.75) is 32.0 Å². The molecule has 0 aliphatic carbocycles. The molecule has 154 valence electrons. The van der Waals surface area contributed by atoms with E-state index < -0.39 is 0 Å². The fourth-order valence-electron chi connectivity index (χ4n) is 3.53. The average molecular weight is 421 g/mol. The van der Waals surface area contributed by atoms with E-state index in [0.717, 1.165) is 28.3 Å². The lowest BCUT2D eigenvalue weighted by atomic mass is 10.1. The van der Waals surface area contributed by atoms with Crippen LogP contribution in [-0.2, 0) is 17.8 Å². The molecule has 0 radical (unpaired) electrons. The number of fused-ring (bicyclic) bond motifs is 1. The van der Waals surface area contributed by atoms with Crippen molar-refractivity contribution in [2.24, 2.45) is 5.92 Å². The van der Waals surface area contributed by atoms with Crippen LogP contribution in [0.25, 0.3) is 0 Å². The molecular formula is C23H24N4O2S. The van der Waals surface area contributed by atoms with Gasteiger partial charge in [0.1, 0.15) is 0 Å². The van der Waals surface area contributed by atoms with Crippen LogP contribution >= 0.6 is 11.8 Å². The van der Waals surface area contributed by atoms with E-state index in [1.54, 1.807) is 4.57 Å². The van der Waals surface area contributed by atoms with E-state index in [0.29, 0.717) is 23.9 Å². The number of nitrogens with zero attached hydrogens (tertiary/aromatic N) is 2. The van der Waals surface area contributed by atoms with Crippen molar-refractivity contribution in [1.29, 1.82) is 0 Å². The molecule has 6 nitrogen and oxygen atoms in total. The Morgan fingerprint density at radius 1 is 1.10 bits per heavy atom. The molecule has 1 atom stereocenters. The van der Waals surface area contributed by atoms with Crippen molar-refractivity contribution in [3.8, 4) is 0 Å². The quantitative estimate of drug-likeness (QED) is 0.605. The zero-order valence-electron chi connectivity index (χ0n) is 17.0. The molecule has 2 heterocycles. The molecule has 0 bridgehead atoms. The predicted octanol–water partition coefficient (Wildman–Crippen LogP) is 4.22. The first-order chi connectivity index (χ1) is 14.5. The maximum absolute atomic E-state index is 12.8. The molecule has 0 fully saturated rings. The van der Waals surface area contributed by atoms with Crippen molar-refractivity contribution in [3.05, 3.63) is 76.2 Å². The first kappa shape index (κ1) is 20.2. The van der Waals surface area contributed by atoms with Gasteiger partial charge >= 0.3 is 0 Å². The molecule has 1 amide bonds. The predicted molar refractivity (Wildman–Crippen MR) is 122 cm³/mol. The van der Waals surface area contributed by atoms with Gasteiger partial charge in [-0.15, -0.1) is 0 Å². The summed E-state index contributed by atoms with van der Waals surface area (Å²) in [6, 6.07) is 17.5.